The minimum Gasteiger partial charge on any atom is -0.394 e. The Labute approximate surface area is 181 Å². The lowest BCUT2D eigenvalue weighted by Gasteiger charge is -2.16. The predicted molar refractivity (Wildman–Crippen MR) is 108 cm³/mol. The Balaban J connectivity index is 2.14. The molecule has 3 nitrogen and oxygen atoms in total. The van der Waals surface area contributed by atoms with Crippen LogP contribution in [0.15, 0.2) is 48.5 Å². The first-order valence-corrected chi connectivity index (χ1v) is 9.49. The third-order valence-corrected chi connectivity index (χ3v) is 3.92. The summed E-state index contributed by atoms with van der Waals surface area (Å²) in [6, 6.07) is 13.3. The van der Waals surface area contributed by atoms with E-state index in [1.807, 2.05) is 0 Å². The van der Waals surface area contributed by atoms with Crippen molar-refractivity contribution in [1.29, 1.82) is 0 Å². The van der Waals surface area contributed by atoms with Crippen molar-refractivity contribution < 1.29 is 14.3 Å². The number of hydrogen-bond donors (Lipinski definition) is 0. The van der Waals surface area contributed by atoms with E-state index >= 15 is 0 Å². The fourth-order valence-electron chi connectivity index (χ4n) is 2.13. The largest absolute Gasteiger partial charge is 0.519 e. The molecule has 0 amide bonds. The first-order valence-electron chi connectivity index (χ1n) is 7.22. The van der Waals surface area contributed by atoms with Gasteiger partial charge in [-0.15, -0.1) is 0 Å². The number of para-hydroxylation sites is 2. The van der Waals surface area contributed by atoms with E-state index in [2.05, 4.69) is 0 Å². The highest BCUT2D eigenvalue weighted by atomic mass is 35.6. The molecule has 0 spiro atoms. The molecule has 0 aliphatic carbocycles. The Morgan fingerprint density at radius 1 is 0.692 bits per heavy atom. The van der Waals surface area contributed by atoms with Crippen molar-refractivity contribution in [3.63, 3.8) is 0 Å². The van der Waals surface area contributed by atoms with Crippen LogP contribution in [0.5, 0.6) is 11.5 Å². The number of benzene rings is 2. The normalized spacial score (nSPS) is 11.9. The van der Waals surface area contributed by atoms with Crippen LogP contribution in [-0.4, -0.2) is 13.7 Å². The minimum absolute atomic E-state index is 0.0605. The lowest BCUT2D eigenvalue weighted by Crippen LogP contribution is -2.18. The smallest absolute Gasteiger partial charge is 0.394 e. The zero-order valence-corrected chi connectivity index (χ0v) is 17.6. The topological polar surface area (TPSA) is 35.5 Å². The Morgan fingerprint density at radius 3 is 1.38 bits per heavy atom. The van der Waals surface area contributed by atoms with Crippen LogP contribution in [0.4, 0.5) is 4.79 Å². The maximum atomic E-state index is 12.2. The van der Waals surface area contributed by atoms with E-state index in [9.17, 15) is 4.79 Å². The number of ether oxygens (including phenoxy) is 2. The summed E-state index contributed by atoms with van der Waals surface area (Å²) in [5.41, 5.74) is 1.08. The van der Waals surface area contributed by atoms with E-state index < -0.39 is 13.7 Å². The van der Waals surface area contributed by atoms with Crippen LogP contribution in [-0.2, 0) is 12.8 Å². The second kappa shape index (κ2) is 9.09. The molecule has 0 aliphatic rings. The van der Waals surface area contributed by atoms with Gasteiger partial charge >= 0.3 is 6.16 Å². The molecule has 0 bridgehead atoms. The third kappa shape index (κ3) is 7.59. The first kappa shape index (κ1) is 21.7. The molecule has 0 unspecified atom stereocenters. The average molecular weight is 477 g/mol. The molecule has 0 saturated heterocycles. The highest BCUT2D eigenvalue weighted by Crippen LogP contribution is 2.35. The van der Waals surface area contributed by atoms with Crippen molar-refractivity contribution in [2.75, 3.05) is 0 Å². The van der Waals surface area contributed by atoms with Crippen LogP contribution in [0.25, 0.3) is 0 Å². The van der Waals surface area contributed by atoms with E-state index in [-0.39, 0.29) is 24.3 Å². The van der Waals surface area contributed by atoms with Gasteiger partial charge < -0.3 is 9.47 Å². The molecule has 2 aromatic carbocycles. The predicted octanol–water partition coefficient (Wildman–Crippen LogP) is 7.09. The SMILES string of the molecule is O=C(Oc1ccccc1CC(Cl)(Cl)Cl)Oc1ccccc1CC(Cl)(Cl)Cl. The minimum atomic E-state index is -1.53. The fraction of sp³-hybridized carbons (Fsp3) is 0.235. The van der Waals surface area contributed by atoms with Gasteiger partial charge in [0, 0.05) is 12.8 Å². The average Bonchev–Trinajstić information content (AvgIpc) is 2.48. The summed E-state index contributed by atoms with van der Waals surface area (Å²) in [4.78, 5) is 12.2. The molecule has 140 valence electrons. The number of hydrogen-bond acceptors (Lipinski definition) is 3. The van der Waals surface area contributed by atoms with Crippen LogP contribution in [0.2, 0.25) is 0 Å². The first-order chi connectivity index (χ1) is 12.0. The van der Waals surface area contributed by atoms with Gasteiger partial charge in [-0.05, 0) is 23.3 Å². The zero-order chi connectivity index (χ0) is 19.4. The van der Waals surface area contributed by atoms with Crippen molar-refractivity contribution in [3.8, 4) is 11.5 Å². The van der Waals surface area contributed by atoms with Gasteiger partial charge in [0.15, 0.2) is 7.59 Å². The number of rotatable bonds is 4. The summed E-state index contributed by atoms with van der Waals surface area (Å²) in [6.45, 7) is 0. The van der Waals surface area contributed by atoms with E-state index in [4.69, 9.17) is 79.1 Å². The molecule has 0 atom stereocenters. The van der Waals surface area contributed by atoms with E-state index in [0.717, 1.165) is 0 Å². The number of halogens is 6. The number of carbonyl (C=O) groups excluding carboxylic acids is 1. The molecule has 0 radical (unpaired) electrons. The van der Waals surface area contributed by atoms with Gasteiger partial charge in [0.1, 0.15) is 11.5 Å². The van der Waals surface area contributed by atoms with E-state index in [0.29, 0.717) is 11.1 Å². The Hall–Kier alpha value is -0.550. The highest BCUT2D eigenvalue weighted by Gasteiger charge is 2.25. The van der Waals surface area contributed by atoms with Gasteiger partial charge in [-0.2, -0.15) is 0 Å². The molecular weight excluding hydrogens is 465 g/mol. The fourth-order valence-corrected chi connectivity index (χ4v) is 2.99. The molecule has 0 saturated carbocycles. The van der Waals surface area contributed by atoms with Crippen LogP contribution in [0, 0.1) is 0 Å². The zero-order valence-electron chi connectivity index (χ0n) is 13.0. The van der Waals surface area contributed by atoms with Gasteiger partial charge in [0.2, 0.25) is 0 Å². The van der Waals surface area contributed by atoms with E-state index in [1.165, 1.54) is 0 Å². The molecular formula is C17H12Cl6O3. The summed E-state index contributed by atoms with van der Waals surface area (Å²) in [5.74, 6) is 0.449. The lowest BCUT2D eigenvalue weighted by molar-refractivity contribution is 0.151. The van der Waals surface area contributed by atoms with Gasteiger partial charge in [-0.1, -0.05) is 106 Å². The third-order valence-electron chi connectivity index (χ3n) is 3.11. The molecule has 0 heterocycles. The standard InChI is InChI=1S/C17H12Cl6O3/c18-16(19,20)9-11-5-1-3-7-13(11)25-15(24)26-14-8-4-2-6-12(14)10-17(21,22)23/h1-8H,9-10H2. The maximum Gasteiger partial charge on any atom is 0.519 e. The van der Waals surface area contributed by atoms with Gasteiger partial charge in [0.05, 0.1) is 0 Å². The second-order valence-corrected chi connectivity index (χ2v) is 10.3. The number of carbonyl (C=O) groups is 1. The molecule has 0 aliphatic heterocycles. The highest BCUT2D eigenvalue weighted by molar-refractivity contribution is 6.68. The Bertz CT molecular complexity index is 704. The summed E-state index contributed by atoms with van der Waals surface area (Å²) >= 11 is 34.9. The van der Waals surface area contributed by atoms with Gasteiger partial charge in [-0.3, -0.25) is 0 Å². The quantitative estimate of drug-likeness (QED) is 0.268. The molecule has 2 rings (SSSR count). The molecule has 2 aromatic rings. The van der Waals surface area contributed by atoms with Crippen LogP contribution >= 0.6 is 69.6 Å². The van der Waals surface area contributed by atoms with Crippen LogP contribution in [0.3, 0.4) is 0 Å². The van der Waals surface area contributed by atoms with E-state index in [1.54, 1.807) is 48.5 Å². The maximum absolute atomic E-state index is 12.2. The molecule has 0 N–H and O–H groups in total. The second-order valence-electron chi connectivity index (χ2n) is 5.25. The summed E-state index contributed by atoms with van der Waals surface area (Å²) in [6.07, 6.45) is -0.839. The summed E-state index contributed by atoms with van der Waals surface area (Å²) < 4.78 is 7.43. The van der Waals surface area contributed by atoms with Gasteiger partial charge in [0.25, 0.3) is 0 Å². The van der Waals surface area contributed by atoms with Crippen molar-refractivity contribution in [3.05, 3.63) is 59.7 Å². The lowest BCUT2D eigenvalue weighted by atomic mass is 10.1. The van der Waals surface area contributed by atoms with Crippen molar-refractivity contribution in [1.82, 2.24) is 0 Å². The molecule has 0 fully saturated rings. The summed E-state index contributed by atoms with van der Waals surface area (Å²) in [5, 5.41) is 0. The van der Waals surface area contributed by atoms with Gasteiger partial charge in [-0.25, -0.2) is 4.79 Å². The number of alkyl halides is 6. The molecule has 26 heavy (non-hydrogen) atoms. The summed E-state index contributed by atoms with van der Waals surface area (Å²) in [7, 11) is 0. The van der Waals surface area contributed by atoms with Crippen molar-refractivity contribution >= 4 is 75.8 Å². The van der Waals surface area contributed by atoms with Crippen molar-refractivity contribution in [2.24, 2.45) is 0 Å². The van der Waals surface area contributed by atoms with Crippen LogP contribution in [0.1, 0.15) is 11.1 Å². The Kier molecular flexibility index (Phi) is 7.61. The van der Waals surface area contributed by atoms with Crippen molar-refractivity contribution in [2.45, 2.75) is 20.4 Å². The monoisotopic (exact) mass is 474 g/mol. The van der Waals surface area contributed by atoms with Crippen LogP contribution < -0.4 is 9.47 Å². The molecule has 0 aromatic heterocycles. The molecule has 9 heteroatoms. The Morgan fingerprint density at radius 2 is 1.04 bits per heavy atom.